The first-order valence-corrected chi connectivity index (χ1v) is 6.66. The van der Waals surface area contributed by atoms with E-state index < -0.39 is 5.97 Å². The number of aliphatic carboxylic acids is 1. The lowest BCUT2D eigenvalue weighted by atomic mass is 9.79. The Bertz CT molecular complexity index is 292. The molecular formula is C13H24N2O3. The average molecular weight is 256 g/mol. The first kappa shape index (κ1) is 15.0. The molecule has 5 nitrogen and oxygen atoms in total. The quantitative estimate of drug-likeness (QED) is 0.694. The molecule has 0 aromatic rings. The number of carboxylic acids is 1. The molecule has 1 amide bonds. The van der Waals surface area contributed by atoms with Crippen LogP contribution in [-0.2, 0) is 9.59 Å². The smallest absolute Gasteiger partial charge is 0.306 e. The molecule has 18 heavy (non-hydrogen) atoms. The lowest BCUT2D eigenvalue weighted by Gasteiger charge is -2.28. The van der Waals surface area contributed by atoms with E-state index >= 15 is 0 Å². The maximum Gasteiger partial charge on any atom is 0.306 e. The minimum atomic E-state index is -0.675. The molecule has 2 atom stereocenters. The third-order valence-electron chi connectivity index (χ3n) is 3.65. The molecule has 0 heterocycles. The summed E-state index contributed by atoms with van der Waals surface area (Å²) >= 11 is 0. The second-order valence-electron chi connectivity index (χ2n) is 5.23. The van der Waals surface area contributed by atoms with Crippen LogP contribution in [0.5, 0.6) is 0 Å². The van der Waals surface area contributed by atoms with Crippen molar-refractivity contribution in [2.75, 3.05) is 27.2 Å². The number of nitrogens with zero attached hydrogens (tertiary/aromatic N) is 1. The van der Waals surface area contributed by atoms with Crippen molar-refractivity contribution >= 4 is 11.9 Å². The SMILES string of the molecule is CN(C)C(=O)CCNCC1CCCCC1C(=O)O. The highest BCUT2D eigenvalue weighted by molar-refractivity contribution is 5.75. The number of carboxylic acid groups (broad SMARTS) is 1. The summed E-state index contributed by atoms with van der Waals surface area (Å²) in [5.41, 5.74) is 0. The van der Waals surface area contributed by atoms with E-state index in [0.29, 0.717) is 19.5 Å². The van der Waals surface area contributed by atoms with E-state index in [4.69, 9.17) is 5.11 Å². The van der Waals surface area contributed by atoms with Crippen LogP contribution in [0.25, 0.3) is 0 Å². The summed E-state index contributed by atoms with van der Waals surface area (Å²) in [5.74, 6) is -0.576. The highest BCUT2D eigenvalue weighted by atomic mass is 16.4. The van der Waals surface area contributed by atoms with Crippen LogP contribution in [0.2, 0.25) is 0 Å². The van der Waals surface area contributed by atoms with Gasteiger partial charge in [-0.1, -0.05) is 12.8 Å². The molecule has 5 heteroatoms. The van der Waals surface area contributed by atoms with Crippen LogP contribution < -0.4 is 5.32 Å². The molecule has 1 saturated carbocycles. The molecule has 2 N–H and O–H groups in total. The van der Waals surface area contributed by atoms with E-state index in [-0.39, 0.29) is 17.7 Å². The number of carbonyl (C=O) groups excluding carboxylic acids is 1. The zero-order valence-electron chi connectivity index (χ0n) is 11.3. The van der Waals surface area contributed by atoms with Crippen LogP contribution in [0.3, 0.4) is 0 Å². The average Bonchev–Trinajstić information content (AvgIpc) is 2.34. The van der Waals surface area contributed by atoms with Gasteiger partial charge in [-0.05, 0) is 25.3 Å². The van der Waals surface area contributed by atoms with Crippen molar-refractivity contribution in [2.45, 2.75) is 32.1 Å². The van der Waals surface area contributed by atoms with Crippen LogP contribution in [0.15, 0.2) is 0 Å². The first-order valence-electron chi connectivity index (χ1n) is 6.66. The largest absolute Gasteiger partial charge is 0.481 e. The van der Waals surface area contributed by atoms with Crippen molar-refractivity contribution < 1.29 is 14.7 Å². The molecule has 0 radical (unpaired) electrons. The molecule has 0 aromatic heterocycles. The summed E-state index contributed by atoms with van der Waals surface area (Å²) in [7, 11) is 3.48. The van der Waals surface area contributed by atoms with Crippen LogP contribution >= 0.6 is 0 Å². The molecule has 0 bridgehead atoms. The van der Waals surface area contributed by atoms with Gasteiger partial charge in [0.05, 0.1) is 5.92 Å². The van der Waals surface area contributed by atoms with Gasteiger partial charge in [0.1, 0.15) is 0 Å². The summed E-state index contributed by atoms with van der Waals surface area (Å²) in [6.07, 6.45) is 4.38. The van der Waals surface area contributed by atoms with Gasteiger partial charge in [-0.25, -0.2) is 0 Å². The number of amides is 1. The number of rotatable bonds is 6. The molecule has 1 aliphatic carbocycles. The predicted molar refractivity (Wildman–Crippen MR) is 69.3 cm³/mol. The fourth-order valence-electron chi connectivity index (χ4n) is 2.48. The molecular weight excluding hydrogens is 232 g/mol. The van der Waals surface area contributed by atoms with E-state index in [2.05, 4.69) is 5.32 Å². The van der Waals surface area contributed by atoms with Gasteiger partial charge < -0.3 is 15.3 Å². The highest BCUT2D eigenvalue weighted by Gasteiger charge is 2.30. The summed E-state index contributed by atoms with van der Waals surface area (Å²) in [4.78, 5) is 24.0. The van der Waals surface area contributed by atoms with Gasteiger partial charge in [-0.2, -0.15) is 0 Å². The van der Waals surface area contributed by atoms with Gasteiger partial charge in [0.15, 0.2) is 0 Å². The van der Waals surface area contributed by atoms with Crippen LogP contribution in [0, 0.1) is 11.8 Å². The van der Waals surface area contributed by atoms with E-state index in [1.54, 1.807) is 19.0 Å². The van der Waals surface area contributed by atoms with Crippen molar-refractivity contribution in [2.24, 2.45) is 11.8 Å². The third-order valence-corrected chi connectivity index (χ3v) is 3.65. The molecule has 1 aliphatic rings. The van der Waals surface area contributed by atoms with Crippen molar-refractivity contribution in [1.82, 2.24) is 10.2 Å². The Morgan fingerprint density at radius 3 is 2.56 bits per heavy atom. The Balaban J connectivity index is 2.24. The van der Waals surface area contributed by atoms with Gasteiger partial charge in [-0.15, -0.1) is 0 Å². The Hall–Kier alpha value is -1.10. The fraction of sp³-hybridized carbons (Fsp3) is 0.846. The zero-order chi connectivity index (χ0) is 13.5. The van der Waals surface area contributed by atoms with E-state index in [0.717, 1.165) is 25.7 Å². The lowest BCUT2D eigenvalue weighted by Crippen LogP contribution is -2.36. The fourth-order valence-corrected chi connectivity index (χ4v) is 2.48. The predicted octanol–water partition coefficient (Wildman–Crippen LogP) is 0.945. The maximum atomic E-state index is 11.4. The van der Waals surface area contributed by atoms with Crippen LogP contribution in [0.1, 0.15) is 32.1 Å². The Kier molecular flexibility index (Phi) is 6.12. The van der Waals surface area contributed by atoms with Gasteiger partial charge in [-0.3, -0.25) is 9.59 Å². The maximum absolute atomic E-state index is 11.4. The number of hydrogen-bond acceptors (Lipinski definition) is 3. The molecule has 2 unspecified atom stereocenters. The Labute approximate surface area is 109 Å². The van der Waals surface area contributed by atoms with Crippen molar-refractivity contribution in [3.8, 4) is 0 Å². The van der Waals surface area contributed by atoms with Crippen molar-refractivity contribution in [3.63, 3.8) is 0 Å². The molecule has 104 valence electrons. The van der Waals surface area contributed by atoms with Crippen LogP contribution in [-0.4, -0.2) is 49.1 Å². The topological polar surface area (TPSA) is 69.6 Å². The molecule has 0 aliphatic heterocycles. The first-order chi connectivity index (χ1) is 8.52. The summed E-state index contributed by atoms with van der Waals surface area (Å²) in [5, 5.41) is 12.4. The summed E-state index contributed by atoms with van der Waals surface area (Å²) < 4.78 is 0. The van der Waals surface area contributed by atoms with Crippen LogP contribution in [0.4, 0.5) is 0 Å². The van der Waals surface area contributed by atoms with Gasteiger partial charge >= 0.3 is 5.97 Å². The zero-order valence-corrected chi connectivity index (χ0v) is 11.3. The van der Waals surface area contributed by atoms with Gasteiger partial charge in [0, 0.05) is 27.1 Å². The lowest BCUT2D eigenvalue weighted by molar-refractivity contribution is -0.144. The minimum Gasteiger partial charge on any atom is -0.481 e. The Morgan fingerprint density at radius 1 is 1.28 bits per heavy atom. The standard InChI is InChI=1S/C13H24N2O3/c1-15(2)12(16)7-8-14-9-10-5-3-4-6-11(10)13(17)18/h10-11,14H,3-9H2,1-2H3,(H,17,18). The summed E-state index contributed by atoms with van der Waals surface area (Å²) in [6.45, 7) is 1.33. The van der Waals surface area contributed by atoms with Gasteiger partial charge in [0.25, 0.3) is 0 Å². The highest BCUT2D eigenvalue weighted by Crippen LogP contribution is 2.29. The molecule has 1 rings (SSSR count). The number of nitrogens with one attached hydrogen (secondary N) is 1. The monoisotopic (exact) mass is 256 g/mol. The molecule has 1 fully saturated rings. The van der Waals surface area contributed by atoms with E-state index in [1.807, 2.05) is 0 Å². The Morgan fingerprint density at radius 2 is 1.94 bits per heavy atom. The normalized spacial score (nSPS) is 23.7. The molecule has 0 spiro atoms. The van der Waals surface area contributed by atoms with Crippen molar-refractivity contribution in [1.29, 1.82) is 0 Å². The van der Waals surface area contributed by atoms with E-state index in [1.165, 1.54) is 0 Å². The number of carbonyl (C=O) groups is 2. The number of hydrogen-bond donors (Lipinski definition) is 2. The van der Waals surface area contributed by atoms with E-state index in [9.17, 15) is 9.59 Å². The molecule has 0 saturated heterocycles. The third kappa shape index (κ3) is 4.64. The second kappa shape index (κ2) is 7.36. The van der Waals surface area contributed by atoms with Crippen molar-refractivity contribution in [3.05, 3.63) is 0 Å². The second-order valence-corrected chi connectivity index (χ2v) is 5.23. The van der Waals surface area contributed by atoms with Gasteiger partial charge in [0.2, 0.25) is 5.91 Å². The molecule has 0 aromatic carbocycles. The summed E-state index contributed by atoms with van der Waals surface area (Å²) in [6, 6.07) is 0. The minimum absolute atomic E-state index is 0.0981.